The summed E-state index contributed by atoms with van der Waals surface area (Å²) in [5.74, 6) is 1.27. The van der Waals surface area contributed by atoms with Gasteiger partial charge in [0.1, 0.15) is 0 Å². The van der Waals surface area contributed by atoms with E-state index in [4.69, 9.17) is 0 Å². The number of nitrogens with one attached hydrogen (secondary N) is 2. The van der Waals surface area contributed by atoms with Crippen LogP contribution >= 0.6 is 11.8 Å². The zero-order valence-corrected chi connectivity index (χ0v) is 14.0. The summed E-state index contributed by atoms with van der Waals surface area (Å²) in [6, 6.07) is 5.49. The smallest absolute Gasteiger partial charge is 0.251 e. The lowest BCUT2D eigenvalue weighted by Crippen LogP contribution is -2.30. The van der Waals surface area contributed by atoms with E-state index in [0.29, 0.717) is 17.0 Å². The molecule has 0 aromatic heterocycles. The third kappa shape index (κ3) is 6.21. The van der Waals surface area contributed by atoms with Crippen LogP contribution < -0.4 is 10.6 Å². The van der Waals surface area contributed by atoms with Gasteiger partial charge in [-0.2, -0.15) is 11.8 Å². The molecule has 0 spiro atoms. The highest BCUT2D eigenvalue weighted by atomic mass is 32.2. The fourth-order valence-corrected chi connectivity index (χ4v) is 2.48. The molecule has 0 bridgehead atoms. The topological polar surface area (TPSA) is 58.2 Å². The molecule has 0 heterocycles. The first-order valence-corrected chi connectivity index (χ1v) is 8.38. The first-order chi connectivity index (χ1) is 9.93. The van der Waals surface area contributed by atoms with Crippen molar-refractivity contribution in [1.29, 1.82) is 0 Å². The Labute approximate surface area is 131 Å². The molecule has 1 rings (SSSR count). The Bertz CT molecular complexity index is 501. The maximum atomic E-state index is 12.1. The van der Waals surface area contributed by atoms with Crippen molar-refractivity contribution in [2.24, 2.45) is 0 Å². The zero-order chi connectivity index (χ0) is 15.8. The Kier molecular flexibility index (Phi) is 7.29. The predicted octanol–water partition coefficient (Wildman–Crippen LogP) is 3.21. The lowest BCUT2D eigenvalue weighted by Gasteiger charge is -2.12. The average Bonchev–Trinajstić information content (AvgIpc) is 2.40. The number of anilines is 1. The molecule has 5 heteroatoms. The lowest BCUT2D eigenvalue weighted by molar-refractivity contribution is -0.113. The number of aryl methyl sites for hydroxylation is 1. The molecule has 1 aromatic rings. The van der Waals surface area contributed by atoms with Crippen LogP contribution in [0.4, 0.5) is 5.69 Å². The molecule has 116 valence electrons. The minimum absolute atomic E-state index is 0.0347. The Balaban J connectivity index is 2.72. The Morgan fingerprint density at radius 2 is 2.00 bits per heavy atom. The summed E-state index contributed by atoms with van der Waals surface area (Å²) in [4.78, 5) is 23.9. The fraction of sp³-hybridized carbons (Fsp3) is 0.500. The number of carbonyl (C=O) groups excluding carboxylic acids is 2. The molecule has 0 fully saturated rings. The van der Waals surface area contributed by atoms with Crippen molar-refractivity contribution < 1.29 is 9.59 Å². The first-order valence-electron chi connectivity index (χ1n) is 7.23. The highest BCUT2D eigenvalue weighted by Gasteiger charge is 2.12. The Morgan fingerprint density at radius 3 is 2.62 bits per heavy atom. The van der Waals surface area contributed by atoms with E-state index in [0.717, 1.165) is 17.7 Å². The number of hydrogen-bond acceptors (Lipinski definition) is 3. The van der Waals surface area contributed by atoms with Crippen molar-refractivity contribution in [3.05, 3.63) is 29.3 Å². The number of benzene rings is 1. The fourth-order valence-electron chi connectivity index (χ4n) is 1.79. The van der Waals surface area contributed by atoms with E-state index in [1.807, 2.05) is 32.9 Å². The second kappa shape index (κ2) is 8.72. The number of amides is 2. The molecule has 0 saturated carbocycles. The largest absolute Gasteiger partial charge is 0.350 e. The zero-order valence-electron chi connectivity index (χ0n) is 13.2. The standard InChI is InChI=1S/C16H24N2O2S/c1-5-8-21-10-15(19)18-13-7-6-12(4)14(9-13)16(20)17-11(2)3/h6-7,9,11H,5,8,10H2,1-4H3,(H,17,20)(H,18,19). The molecular formula is C16H24N2O2S. The van der Waals surface area contributed by atoms with Gasteiger partial charge in [-0.3, -0.25) is 9.59 Å². The third-order valence-electron chi connectivity index (χ3n) is 2.77. The van der Waals surface area contributed by atoms with Crippen molar-refractivity contribution in [2.75, 3.05) is 16.8 Å². The summed E-state index contributed by atoms with van der Waals surface area (Å²) in [5.41, 5.74) is 2.16. The molecule has 0 aliphatic heterocycles. The molecule has 0 aliphatic carbocycles. The van der Waals surface area contributed by atoms with Crippen LogP contribution in [0.15, 0.2) is 18.2 Å². The second-order valence-electron chi connectivity index (χ2n) is 5.26. The van der Waals surface area contributed by atoms with E-state index in [1.54, 1.807) is 17.8 Å². The molecule has 0 saturated heterocycles. The first kappa shape index (κ1) is 17.6. The van der Waals surface area contributed by atoms with E-state index in [1.165, 1.54) is 0 Å². The summed E-state index contributed by atoms with van der Waals surface area (Å²) >= 11 is 1.61. The highest BCUT2D eigenvalue weighted by molar-refractivity contribution is 7.99. The van der Waals surface area contributed by atoms with Gasteiger partial charge in [0, 0.05) is 17.3 Å². The molecule has 1 aromatic carbocycles. The second-order valence-corrected chi connectivity index (χ2v) is 6.36. The third-order valence-corrected chi connectivity index (χ3v) is 3.93. The van der Waals surface area contributed by atoms with Gasteiger partial charge in [-0.1, -0.05) is 13.0 Å². The monoisotopic (exact) mass is 308 g/mol. The summed E-state index contributed by atoms with van der Waals surface area (Å²) in [7, 11) is 0. The van der Waals surface area contributed by atoms with E-state index >= 15 is 0 Å². The van der Waals surface area contributed by atoms with E-state index < -0.39 is 0 Å². The predicted molar refractivity (Wildman–Crippen MR) is 90.0 cm³/mol. The Hall–Kier alpha value is -1.49. The molecule has 0 unspecified atom stereocenters. The van der Waals surface area contributed by atoms with Gasteiger partial charge < -0.3 is 10.6 Å². The molecule has 2 N–H and O–H groups in total. The van der Waals surface area contributed by atoms with E-state index in [9.17, 15) is 9.59 Å². The van der Waals surface area contributed by atoms with Gasteiger partial charge in [-0.05, 0) is 50.6 Å². The van der Waals surface area contributed by atoms with Crippen LogP contribution in [-0.4, -0.2) is 29.4 Å². The van der Waals surface area contributed by atoms with Gasteiger partial charge >= 0.3 is 0 Å². The SMILES string of the molecule is CCCSCC(=O)Nc1ccc(C)c(C(=O)NC(C)C)c1. The average molecular weight is 308 g/mol. The van der Waals surface area contributed by atoms with Crippen LogP contribution in [0.1, 0.15) is 43.1 Å². The molecule has 0 radical (unpaired) electrons. The molecule has 0 atom stereocenters. The van der Waals surface area contributed by atoms with Crippen LogP contribution in [0.5, 0.6) is 0 Å². The van der Waals surface area contributed by atoms with Crippen molar-refractivity contribution in [3.8, 4) is 0 Å². The molecular weight excluding hydrogens is 284 g/mol. The van der Waals surface area contributed by atoms with Gasteiger partial charge in [0.15, 0.2) is 0 Å². The van der Waals surface area contributed by atoms with Crippen LogP contribution in [0.25, 0.3) is 0 Å². The minimum Gasteiger partial charge on any atom is -0.350 e. The molecule has 0 aliphatic rings. The van der Waals surface area contributed by atoms with Crippen LogP contribution in [0, 0.1) is 6.92 Å². The number of rotatable bonds is 7. The minimum atomic E-state index is -0.112. The maximum absolute atomic E-state index is 12.1. The lowest BCUT2D eigenvalue weighted by atomic mass is 10.1. The van der Waals surface area contributed by atoms with Gasteiger partial charge in [0.2, 0.25) is 5.91 Å². The molecule has 4 nitrogen and oxygen atoms in total. The summed E-state index contributed by atoms with van der Waals surface area (Å²) in [5, 5.41) is 5.70. The number of carbonyl (C=O) groups is 2. The summed E-state index contributed by atoms with van der Waals surface area (Å²) in [6.07, 6.45) is 1.06. The van der Waals surface area contributed by atoms with Crippen LogP contribution in [0.3, 0.4) is 0 Å². The van der Waals surface area contributed by atoms with Gasteiger partial charge in [0.05, 0.1) is 5.75 Å². The van der Waals surface area contributed by atoms with E-state index in [-0.39, 0.29) is 17.9 Å². The van der Waals surface area contributed by atoms with Crippen molar-refractivity contribution >= 4 is 29.3 Å². The highest BCUT2D eigenvalue weighted by Crippen LogP contribution is 2.16. The number of thioether (sulfide) groups is 1. The van der Waals surface area contributed by atoms with Gasteiger partial charge in [0.25, 0.3) is 5.91 Å². The van der Waals surface area contributed by atoms with Crippen LogP contribution in [0.2, 0.25) is 0 Å². The van der Waals surface area contributed by atoms with Crippen molar-refractivity contribution in [3.63, 3.8) is 0 Å². The molecule has 21 heavy (non-hydrogen) atoms. The van der Waals surface area contributed by atoms with Crippen molar-refractivity contribution in [1.82, 2.24) is 5.32 Å². The maximum Gasteiger partial charge on any atom is 0.251 e. The van der Waals surface area contributed by atoms with Crippen LogP contribution in [-0.2, 0) is 4.79 Å². The quantitative estimate of drug-likeness (QED) is 0.760. The normalized spacial score (nSPS) is 10.5. The summed E-state index contributed by atoms with van der Waals surface area (Å²) < 4.78 is 0. The molecule has 2 amide bonds. The Morgan fingerprint density at radius 1 is 1.29 bits per heavy atom. The summed E-state index contributed by atoms with van der Waals surface area (Å²) in [6.45, 7) is 7.82. The van der Waals surface area contributed by atoms with Gasteiger partial charge in [-0.15, -0.1) is 0 Å². The number of hydrogen-bond donors (Lipinski definition) is 2. The van der Waals surface area contributed by atoms with Crippen molar-refractivity contribution in [2.45, 2.75) is 40.2 Å². The van der Waals surface area contributed by atoms with E-state index in [2.05, 4.69) is 17.6 Å². The van der Waals surface area contributed by atoms with Gasteiger partial charge in [-0.25, -0.2) is 0 Å².